The molecule has 2 nitrogen and oxygen atoms in total. The van der Waals surface area contributed by atoms with Crippen molar-refractivity contribution in [2.24, 2.45) is 0 Å². The molecule has 1 aromatic carbocycles. The number of hydrogen-bond donors (Lipinski definition) is 1. The molecule has 17 heavy (non-hydrogen) atoms. The number of nitrogens with one attached hydrogen (secondary N) is 1. The van der Waals surface area contributed by atoms with Gasteiger partial charge in [-0.1, -0.05) is 17.7 Å². The topological polar surface area (TPSA) is 24.9 Å². The molecule has 1 heterocycles. The highest BCUT2D eigenvalue weighted by atomic mass is 35.5. The van der Waals surface area contributed by atoms with E-state index in [0.717, 1.165) is 12.0 Å². The van der Waals surface area contributed by atoms with Crippen LogP contribution in [0.2, 0.25) is 5.02 Å². The zero-order valence-corrected chi connectivity index (χ0v) is 10.9. The van der Waals surface area contributed by atoms with Crippen LogP contribution in [0, 0.1) is 5.82 Å². The van der Waals surface area contributed by atoms with Gasteiger partial charge in [-0.05, 0) is 24.7 Å². The van der Waals surface area contributed by atoms with Crippen molar-refractivity contribution < 1.29 is 4.39 Å². The number of benzene rings is 1. The molecule has 0 aliphatic rings. The van der Waals surface area contributed by atoms with Gasteiger partial charge in [0.15, 0.2) is 0 Å². The molecule has 90 valence electrons. The fourth-order valence-electron chi connectivity index (χ4n) is 1.70. The Labute approximate surface area is 108 Å². The van der Waals surface area contributed by atoms with Crippen molar-refractivity contribution in [3.05, 3.63) is 51.2 Å². The maximum Gasteiger partial charge on any atom is 0.124 e. The van der Waals surface area contributed by atoms with Crippen LogP contribution >= 0.6 is 22.9 Å². The Morgan fingerprint density at radius 3 is 2.94 bits per heavy atom. The lowest BCUT2D eigenvalue weighted by atomic mass is 10.0. The molecule has 0 saturated carbocycles. The maximum atomic E-state index is 13.0. The van der Waals surface area contributed by atoms with Gasteiger partial charge in [0.1, 0.15) is 5.82 Å². The largest absolute Gasteiger partial charge is 0.313 e. The molecule has 5 heteroatoms. The smallest absolute Gasteiger partial charge is 0.124 e. The Hall–Kier alpha value is -0.970. The van der Waals surface area contributed by atoms with E-state index in [0.29, 0.717) is 5.02 Å². The van der Waals surface area contributed by atoms with Crippen LogP contribution in [0.1, 0.15) is 16.5 Å². The molecule has 2 rings (SSSR count). The summed E-state index contributed by atoms with van der Waals surface area (Å²) < 4.78 is 13.0. The van der Waals surface area contributed by atoms with Gasteiger partial charge in [-0.15, -0.1) is 11.3 Å². The average molecular weight is 271 g/mol. The molecule has 1 aromatic heterocycles. The second-order valence-corrected chi connectivity index (χ2v) is 5.06. The van der Waals surface area contributed by atoms with E-state index in [1.807, 2.05) is 13.2 Å². The average Bonchev–Trinajstić information content (AvgIpc) is 2.79. The van der Waals surface area contributed by atoms with Gasteiger partial charge in [-0.3, -0.25) is 4.98 Å². The summed E-state index contributed by atoms with van der Waals surface area (Å²) in [6.45, 7) is 0. The lowest BCUT2D eigenvalue weighted by molar-refractivity contribution is 0.589. The third kappa shape index (κ3) is 3.03. The first-order valence-corrected chi connectivity index (χ1v) is 6.46. The highest BCUT2D eigenvalue weighted by molar-refractivity contribution is 7.09. The van der Waals surface area contributed by atoms with Crippen LogP contribution < -0.4 is 5.32 Å². The molecule has 1 unspecified atom stereocenters. The zero-order chi connectivity index (χ0) is 12.3. The van der Waals surface area contributed by atoms with E-state index in [-0.39, 0.29) is 11.9 Å². The quantitative estimate of drug-likeness (QED) is 0.921. The van der Waals surface area contributed by atoms with Gasteiger partial charge in [0.05, 0.1) is 5.51 Å². The van der Waals surface area contributed by atoms with Crippen molar-refractivity contribution in [1.82, 2.24) is 10.3 Å². The van der Waals surface area contributed by atoms with Gasteiger partial charge < -0.3 is 5.32 Å². The van der Waals surface area contributed by atoms with Crippen LogP contribution in [0.25, 0.3) is 0 Å². The number of rotatable bonds is 4. The minimum absolute atomic E-state index is 0.0727. The van der Waals surface area contributed by atoms with E-state index in [4.69, 9.17) is 11.6 Å². The van der Waals surface area contributed by atoms with Crippen molar-refractivity contribution >= 4 is 22.9 Å². The first-order valence-electron chi connectivity index (χ1n) is 5.20. The van der Waals surface area contributed by atoms with Crippen LogP contribution in [0.4, 0.5) is 4.39 Å². The van der Waals surface area contributed by atoms with Crippen LogP contribution in [0.15, 0.2) is 29.9 Å². The Morgan fingerprint density at radius 1 is 1.53 bits per heavy atom. The fraction of sp³-hybridized carbons (Fsp3) is 0.250. The van der Waals surface area contributed by atoms with Crippen molar-refractivity contribution in [1.29, 1.82) is 0 Å². The fourth-order valence-corrected chi connectivity index (χ4v) is 2.64. The standard InChI is InChI=1S/C12H12ClFN2S/c1-15-12(5-9-6-16-7-17-9)10-3-2-8(14)4-11(10)13/h2-4,6-7,12,15H,5H2,1H3. The van der Waals surface area contributed by atoms with Gasteiger partial charge in [-0.2, -0.15) is 0 Å². The van der Waals surface area contributed by atoms with E-state index < -0.39 is 0 Å². The summed E-state index contributed by atoms with van der Waals surface area (Å²) in [6.07, 6.45) is 2.64. The van der Waals surface area contributed by atoms with E-state index in [1.165, 1.54) is 17.0 Å². The van der Waals surface area contributed by atoms with E-state index in [2.05, 4.69) is 10.3 Å². The number of thiazole rings is 1. The normalized spacial score (nSPS) is 12.6. The summed E-state index contributed by atoms with van der Waals surface area (Å²) in [6, 6.07) is 4.56. The number of hydrogen-bond acceptors (Lipinski definition) is 3. The second-order valence-electron chi connectivity index (χ2n) is 3.68. The number of aromatic nitrogens is 1. The molecule has 0 aliphatic heterocycles. The molecule has 0 amide bonds. The molecule has 0 saturated heterocycles. The second kappa shape index (κ2) is 5.58. The summed E-state index contributed by atoms with van der Waals surface area (Å²) in [5, 5.41) is 3.64. The Morgan fingerprint density at radius 2 is 2.35 bits per heavy atom. The van der Waals surface area contributed by atoms with Gasteiger partial charge in [-0.25, -0.2) is 4.39 Å². The van der Waals surface area contributed by atoms with Crippen molar-refractivity contribution in [3.8, 4) is 0 Å². The summed E-state index contributed by atoms with van der Waals surface area (Å²) >= 11 is 7.65. The highest BCUT2D eigenvalue weighted by Crippen LogP contribution is 2.27. The minimum Gasteiger partial charge on any atom is -0.313 e. The molecule has 0 fully saturated rings. The highest BCUT2D eigenvalue weighted by Gasteiger charge is 2.14. The van der Waals surface area contributed by atoms with E-state index >= 15 is 0 Å². The molecule has 0 radical (unpaired) electrons. The lowest BCUT2D eigenvalue weighted by Gasteiger charge is -2.17. The van der Waals surface area contributed by atoms with Crippen LogP contribution in [-0.4, -0.2) is 12.0 Å². The maximum absolute atomic E-state index is 13.0. The summed E-state index contributed by atoms with van der Waals surface area (Å²) in [4.78, 5) is 5.21. The molecule has 1 atom stereocenters. The van der Waals surface area contributed by atoms with Gasteiger partial charge >= 0.3 is 0 Å². The van der Waals surface area contributed by atoms with Crippen molar-refractivity contribution in [2.45, 2.75) is 12.5 Å². The van der Waals surface area contributed by atoms with Crippen molar-refractivity contribution in [2.75, 3.05) is 7.05 Å². The first kappa shape index (κ1) is 12.5. The third-order valence-corrected chi connectivity index (χ3v) is 3.70. The van der Waals surface area contributed by atoms with Crippen LogP contribution in [0.5, 0.6) is 0 Å². The molecular weight excluding hydrogens is 259 g/mol. The summed E-state index contributed by atoms with van der Waals surface area (Å²) in [5.74, 6) is -0.314. The zero-order valence-electron chi connectivity index (χ0n) is 9.28. The Balaban J connectivity index is 2.23. The third-order valence-electron chi connectivity index (χ3n) is 2.58. The molecule has 2 aromatic rings. The molecule has 0 bridgehead atoms. The van der Waals surface area contributed by atoms with Gasteiger partial charge in [0, 0.05) is 28.6 Å². The number of halogens is 2. The molecule has 1 N–H and O–H groups in total. The number of nitrogens with zero attached hydrogens (tertiary/aromatic N) is 1. The number of likely N-dealkylation sites (N-methyl/N-ethyl adjacent to an activating group) is 1. The van der Waals surface area contributed by atoms with Gasteiger partial charge in [0.2, 0.25) is 0 Å². The SMILES string of the molecule is CNC(Cc1cncs1)c1ccc(F)cc1Cl. The summed E-state index contributed by atoms with van der Waals surface area (Å²) in [5.41, 5.74) is 2.71. The van der Waals surface area contributed by atoms with Crippen LogP contribution in [-0.2, 0) is 6.42 Å². The monoisotopic (exact) mass is 270 g/mol. The van der Waals surface area contributed by atoms with E-state index in [1.54, 1.807) is 22.9 Å². The Kier molecular flexibility index (Phi) is 4.10. The predicted molar refractivity (Wildman–Crippen MR) is 69.0 cm³/mol. The van der Waals surface area contributed by atoms with Crippen molar-refractivity contribution in [3.63, 3.8) is 0 Å². The first-order chi connectivity index (χ1) is 8.20. The Bertz CT molecular complexity index is 487. The molecule has 0 aliphatic carbocycles. The van der Waals surface area contributed by atoms with Gasteiger partial charge in [0.25, 0.3) is 0 Å². The summed E-state index contributed by atoms with van der Waals surface area (Å²) in [7, 11) is 1.87. The van der Waals surface area contributed by atoms with Crippen LogP contribution in [0.3, 0.4) is 0 Å². The molecule has 0 spiro atoms. The lowest BCUT2D eigenvalue weighted by Crippen LogP contribution is -2.18. The molecular formula is C12H12ClFN2S. The predicted octanol–water partition coefficient (Wildman–Crippen LogP) is 3.44. The minimum atomic E-state index is -0.314. The van der Waals surface area contributed by atoms with E-state index in [9.17, 15) is 4.39 Å².